The van der Waals surface area contributed by atoms with Crippen LogP contribution in [0, 0.1) is 0 Å². The van der Waals surface area contributed by atoms with Gasteiger partial charge in [-0.15, -0.1) is 0 Å². The number of hydrogen-bond donors (Lipinski definition) is 0. The number of Topliss-reactive ketones (excluding diaryl/α,β-unsaturated/α-hetero) is 1. The molecule has 0 saturated carbocycles. The van der Waals surface area contributed by atoms with Crippen molar-refractivity contribution in [2.45, 2.75) is 27.7 Å². The average molecular weight is 310 g/mol. The maximum Gasteiger partial charge on any atom is 0.231 e. The summed E-state index contributed by atoms with van der Waals surface area (Å²) in [7, 11) is 1.61. The predicted molar refractivity (Wildman–Crippen MR) is 95.7 cm³/mol. The van der Waals surface area contributed by atoms with Gasteiger partial charge in [-0.05, 0) is 30.9 Å². The van der Waals surface area contributed by atoms with Gasteiger partial charge in [-0.2, -0.15) is 4.58 Å². The minimum atomic E-state index is 0.0475. The highest BCUT2D eigenvalue weighted by Gasteiger charge is 2.21. The van der Waals surface area contributed by atoms with Gasteiger partial charge in [0, 0.05) is 19.2 Å². The Bertz CT molecular complexity index is 796. The summed E-state index contributed by atoms with van der Waals surface area (Å²) in [5.74, 6) is 0.699. The van der Waals surface area contributed by atoms with E-state index in [-0.39, 0.29) is 5.78 Å². The van der Waals surface area contributed by atoms with Gasteiger partial charge in [-0.3, -0.25) is 4.79 Å². The molecule has 2 rings (SSSR count). The molecule has 0 bridgehead atoms. The number of carbonyl (C=O) groups excluding carboxylic acids is 1. The molecule has 0 N–H and O–H groups in total. The minimum absolute atomic E-state index is 0.0475. The first-order valence-corrected chi connectivity index (χ1v) is 7.78. The van der Waals surface area contributed by atoms with Crippen LogP contribution in [0.25, 0.3) is 10.8 Å². The summed E-state index contributed by atoms with van der Waals surface area (Å²) in [5, 5.41) is 2.03. The number of allylic oxidation sites excluding steroid dienone is 2. The molecule has 0 aliphatic heterocycles. The van der Waals surface area contributed by atoms with E-state index in [1.807, 2.05) is 74.9 Å². The largest absolute Gasteiger partial charge is 0.495 e. The van der Waals surface area contributed by atoms with E-state index in [9.17, 15) is 4.79 Å². The topological polar surface area (TPSA) is 29.3 Å². The molecule has 0 radical (unpaired) electrons. The van der Waals surface area contributed by atoms with Gasteiger partial charge in [0.2, 0.25) is 12.3 Å². The quantitative estimate of drug-likeness (QED) is 0.464. The van der Waals surface area contributed by atoms with Crippen LogP contribution in [0.5, 0.6) is 5.75 Å². The Morgan fingerprint density at radius 3 is 2.43 bits per heavy atom. The lowest BCUT2D eigenvalue weighted by Crippen LogP contribution is -2.21. The van der Waals surface area contributed by atoms with Crippen molar-refractivity contribution in [2.24, 2.45) is 0 Å². The molecule has 0 unspecified atom stereocenters. The number of fused-ring (bicyclic) bond motifs is 1. The Morgan fingerprint density at radius 2 is 1.83 bits per heavy atom. The molecular weight excluding hydrogens is 286 g/mol. The Kier molecular flexibility index (Phi) is 5.32. The fraction of sp³-hybridized carbons (Fsp3) is 0.300. The van der Waals surface area contributed by atoms with Crippen molar-refractivity contribution < 1.29 is 14.1 Å². The summed E-state index contributed by atoms with van der Waals surface area (Å²) in [6.45, 7) is 8.37. The number of nitrogens with zero attached hydrogens (tertiary/aromatic N) is 1. The van der Waals surface area contributed by atoms with E-state index in [1.165, 1.54) is 5.57 Å². The van der Waals surface area contributed by atoms with Gasteiger partial charge in [0.05, 0.1) is 12.7 Å². The van der Waals surface area contributed by atoms with Gasteiger partial charge in [-0.1, -0.05) is 30.3 Å². The lowest BCUT2D eigenvalue weighted by atomic mass is 10.0. The first-order valence-electron chi connectivity index (χ1n) is 7.78. The second-order valence-electron chi connectivity index (χ2n) is 5.76. The molecule has 120 valence electrons. The Morgan fingerprint density at radius 1 is 1.13 bits per heavy atom. The highest BCUT2D eigenvalue weighted by atomic mass is 16.5. The van der Waals surface area contributed by atoms with E-state index in [2.05, 4.69) is 0 Å². The van der Waals surface area contributed by atoms with Crippen LogP contribution >= 0.6 is 0 Å². The van der Waals surface area contributed by atoms with E-state index < -0.39 is 0 Å². The smallest absolute Gasteiger partial charge is 0.231 e. The van der Waals surface area contributed by atoms with Gasteiger partial charge >= 0.3 is 0 Å². The normalized spacial score (nSPS) is 11.4. The summed E-state index contributed by atoms with van der Waals surface area (Å²) in [6.07, 6.45) is 1.94. The van der Waals surface area contributed by atoms with Crippen molar-refractivity contribution in [2.75, 3.05) is 13.7 Å². The standard InChI is InChI=1S/C20H24NO2/c1-6-21(15(4)14(2)3)13-19(22)18-12-11-16-9-7-8-10-17(16)20(18)23-5/h6-12H,13H2,1-5H3/q+1/b21-6-. The van der Waals surface area contributed by atoms with Gasteiger partial charge in [0.25, 0.3) is 0 Å². The molecule has 0 amide bonds. The molecule has 0 aliphatic carbocycles. The van der Waals surface area contributed by atoms with Crippen molar-refractivity contribution in [1.29, 1.82) is 0 Å². The zero-order chi connectivity index (χ0) is 17.0. The van der Waals surface area contributed by atoms with Gasteiger partial charge in [-0.25, -0.2) is 0 Å². The van der Waals surface area contributed by atoms with E-state index in [0.717, 1.165) is 16.5 Å². The first kappa shape index (κ1) is 16.9. The first-order chi connectivity index (χ1) is 11.0. The van der Waals surface area contributed by atoms with Crippen molar-refractivity contribution in [3.8, 4) is 5.75 Å². The molecule has 0 spiro atoms. The Labute approximate surface area is 137 Å². The monoisotopic (exact) mass is 310 g/mol. The molecule has 0 saturated heterocycles. The number of benzene rings is 2. The van der Waals surface area contributed by atoms with Crippen molar-refractivity contribution >= 4 is 22.8 Å². The van der Waals surface area contributed by atoms with Crippen LogP contribution in [-0.4, -0.2) is 30.2 Å². The van der Waals surface area contributed by atoms with Crippen LogP contribution < -0.4 is 4.74 Å². The fourth-order valence-electron chi connectivity index (χ4n) is 2.61. The van der Waals surface area contributed by atoms with Gasteiger partial charge in [0.1, 0.15) is 12.0 Å². The van der Waals surface area contributed by atoms with Crippen molar-refractivity contribution in [3.05, 3.63) is 53.2 Å². The number of hydrogen-bond acceptors (Lipinski definition) is 2. The summed E-state index contributed by atoms with van der Waals surface area (Å²) in [4.78, 5) is 12.8. The maximum absolute atomic E-state index is 12.8. The van der Waals surface area contributed by atoms with Gasteiger partial charge in [0.15, 0.2) is 5.70 Å². The maximum atomic E-state index is 12.8. The van der Waals surface area contributed by atoms with Crippen molar-refractivity contribution in [1.82, 2.24) is 0 Å². The van der Waals surface area contributed by atoms with Crippen LogP contribution in [0.15, 0.2) is 47.7 Å². The number of carbonyl (C=O) groups is 1. The third kappa shape index (κ3) is 3.50. The molecule has 0 atom stereocenters. The highest BCUT2D eigenvalue weighted by molar-refractivity contribution is 6.05. The van der Waals surface area contributed by atoms with Crippen LogP contribution in [0.1, 0.15) is 38.1 Å². The average Bonchev–Trinajstić information content (AvgIpc) is 2.57. The summed E-state index contributed by atoms with van der Waals surface area (Å²) >= 11 is 0. The van der Waals surface area contributed by atoms with Gasteiger partial charge < -0.3 is 4.74 Å². The molecule has 2 aromatic carbocycles. The predicted octanol–water partition coefficient (Wildman–Crippen LogP) is 4.45. The van der Waals surface area contributed by atoms with E-state index in [1.54, 1.807) is 7.11 Å². The highest BCUT2D eigenvalue weighted by Crippen LogP contribution is 2.30. The van der Waals surface area contributed by atoms with Crippen LogP contribution in [0.4, 0.5) is 0 Å². The fourth-order valence-corrected chi connectivity index (χ4v) is 2.61. The third-order valence-corrected chi connectivity index (χ3v) is 4.16. The van der Waals surface area contributed by atoms with E-state index in [0.29, 0.717) is 17.9 Å². The molecule has 3 nitrogen and oxygen atoms in total. The second kappa shape index (κ2) is 7.23. The summed E-state index contributed by atoms with van der Waals surface area (Å²) < 4.78 is 7.52. The third-order valence-electron chi connectivity index (χ3n) is 4.16. The van der Waals surface area contributed by atoms with E-state index in [4.69, 9.17) is 4.74 Å². The SMILES string of the molecule is C/C=[N+](/CC(=O)c1ccc2ccccc2c1OC)C(C)=C(C)C. The zero-order valence-corrected chi connectivity index (χ0v) is 14.5. The van der Waals surface area contributed by atoms with Crippen molar-refractivity contribution in [3.63, 3.8) is 0 Å². The number of ether oxygens (including phenoxy) is 1. The molecule has 0 aliphatic rings. The molecule has 0 fully saturated rings. The summed E-state index contributed by atoms with van der Waals surface area (Å²) in [5.41, 5.74) is 2.92. The van der Waals surface area contributed by atoms with Crippen LogP contribution in [0.3, 0.4) is 0 Å². The number of rotatable bonds is 5. The Hall–Kier alpha value is -2.42. The molecule has 3 heteroatoms. The molecule has 0 aromatic heterocycles. The second-order valence-corrected chi connectivity index (χ2v) is 5.76. The lowest BCUT2D eigenvalue weighted by Gasteiger charge is -2.11. The molecule has 23 heavy (non-hydrogen) atoms. The zero-order valence-electron chi connectivity index (χ0n) is 14.5. The molecule has 2 aromatic rings. The van der Waals surface area contributed by atoms with E-state index >= 15 is 0 Å². The number of methoxy groups -OCH3 is 1. The minimum Gasteiger partial charge on any atom is -0.495 e. The number of ketones is 1. The summed E-state index contributed by atoms with van der Waals surface area (Å²) in [6, 6.07) is 11.8. The molecular formula is C20H24NO2+. The van der Waals surface area contributed by atoms with Crippen LogP contribution in [0.2, 0.25) is 0 Å². The Balaban J connectivity index is 2.44. The lowest BCUT2D eigenvalue weighted by molar-refractivity contribution is -0.458. The molecule has 0 heterocycles. The van der Waals surface area contributed by atoms with Crippen LogP contribution in [-0.2, 0) is 0 Å².